The van der Waals surface area contributed by atoms with Crippen LogP contribution in [0.4, 0.5) is 5.13 Å². The summed E-state index contributed by atoms with van der Waals surface area (Å²) in [7, 11) is 0. The summed E-state index contributed by atoms with van der Waals surface area (Å²) in [5.41, 5.74) is 0.143. The first-order valence-electron chi connectivity index (χ1n) is 5.80. The monoisotopic (exact) mass is 270 g/mol. The molecule has 0 aliphatic carbocycles. The molecule has 0 aliphatic rings. The predicted molar refractivity (Wildman–Crippen MR) is 71.3 cm³/mol. The molecule has 1 amide bonds. The highest BCUT2D eigenvalue weighted by Gasteiger charge is 2.27. The van der Waals surface area contributed by atoms with Gasteiger partial charge in [0.2, 0.25) is 5.91 Å². The normalized spacial score (nSPS) is 11.3. The summed E-state index contributed by atoms with van der Waals surface area (Å²) in [5.74, 6) is -1.14. The van der Waals surface area contributed by atoms with Crippen LogP contribution in [0.25, 0.3) is 0 Å². The van der Waals surface area contributed by atoms with Crippen LogP contribution in [-0.4, -0.2) is 22.0 Å². The van der Waals surface area contributed by atoms with Crippen molar-refractivity contribution in [2.45, 2.75) is 46.0 Å². The van der Waals surface area contributed by atoms with E-state index in [1.807, 2.05) is 27.7 Å². The van der Waals surface area contributed by atoms with E-state index in [9.17, 15) is 9.59 Å². The summed E-state index contributed by atoms with van der Waals surface area (Å²) in [5, 5.41) is 12.1. The Hall–Kier alpha value is -1.43. The lowest BCUT2D eigenvalue weighted by molar-refractivity contribution is -0.116. The Morgan fingerprint density at radius 2 is 2.00 bits per heavy atom. The topological polar surface area (TPSA) is 79.3 Å². The molecule has 0 fully saturated rings. The van der Waals surface area contributed by atoms with Gasteiger partial charge in [0.25, 0.3) is 0 Å². The fourth-order valence-electron chi connectivity index (χ4n) is 1.44. The van der Waals surface area contributed by atoms with Crippen molar-refractivity contribution in [3.8, 4) is 0 Å². The van der Waals surface area contributed by atoms with Crippen LogP contribution in [-0.2, 0) is 10.2 Å². The van der Waals surface area contributed by atoms with E-state index < -0.39 is 5.97 Å². The van der Waals surface area contributed by atoms with Gasteiger partial charge < -0.3 is 10.4 Å². The molecule has 1 rings (SSSR count). The highest BCUT2D eigenvalue weighted by atomic mass is 32.1. The average Bonchev–Trinajstić information content (AvgIpc) is 2.61. The fraction of sp³-hybridized carbons (Fsp3) is 0.583. The van der Waals surface area contributed by atoms with E-state index in [4.69, 9.17) is 5.11 Å². The second-order valence-corrected chi connectivity index (χ2v) is 6.05. The Balaban J connectivity index is 3.03. The summed E-state index contributed by atoms with van der Waals surface area (Å²) >= 11 is 1.01. The summed E-state index contributed by atoms with van der Waals surface area (Å²) in [4.78, 5) is 27.0. The average molecular weight is 270 g/mol. The molecule has 0 atom stereocenters. The molecular formula is C12H18N2O3S. The van der Waals surface area contributed by atoms with E-state index in [1.165, 1.54) is 0 Å². The van der Waals surface area contributed by atoms with Gasteiger partial charge in [-0.05, 0) is 6.42 Å². The van der Waals surface area contributed by atoms with E-state index in [1.54, 1.807) is 0 Å². The third-order valence-corrected chi connectivity index (χ3v) is 3.21. The van der Waals surface area contributed by atoms with Gasteiger partial charge >= 0.3 is 5.97 Å². The summed E-state index contributed by atoms with van der Waals surface area (Å²) in [6.07, 6.45) is 1.15. The van der Waals surface area contributed by atoms with E-state index in [2.05, 4.69) is 10.3 Å². The molecular weight excluding hydrogens is 252 g/mol. The number of anilines is 1. The zero-order valence-corrected chi connectivity index (χ0v) is 11.8. The smallest absolute Gasteiger partial charge is 0.347 e. The molecule has 0 saturated heterocycles. The number of aromatic nitrogens is 1. The summed E-state index contributed by atoms with van der Waals surface area (Å²) < 4.78 is 0. The van der Waals surface area contributed by atoms with Gasteiger partial charge in [-0.1, -0.05) is 39.0 Å². The van der Waals surface area contributed by atoms with Crippen LogP contribution in [0, 0.1) is 0 Å². The largest absolute Gasteiger partial charge is 0.477 e. The zero-order valence-electron chi connectivity index (χ0n) is 11.0. The molecule has 100 valence electrons. The van der Waals surface area contributed by atoms with Gasteiger partial charge in [-0.25, -0.2) is 9.78 Å². The van der Waals surface area contributed by atoms with Gasteiger partial charge in [-0.3, -0.25) is 4.79 Å². The lowest BCUT2D eigenvalue weighted by Gasteiger charge is -2.15. The summed E-state index contributed by atoms with van der Waals surface area (Å²) in [6.45, 7) is 7.59. The summed E-state index contributed by atoms with van der Waals surface area (Å²) in [6, 6.07) is 0. The minimum atomic E-state index is -1.01. The molecule has 0 unspecified atom stereocenters. The van der Waals surface area contributed by atoms with E-state index in [0.717, 1.165) is 17.8 Å². The number of hydrogen-bond donors (Lipinski definition) is 2. The van der Waals surface area contributed by atoms with Gasteiger partial charge in [-0.2, -0.15) is 0 Å². The first-order chi connectivity index (χ1) is 8.25. The van der Waals surface area contributed by atoms with Crippen molar-refractivity contribution in [1.29, 1.82) is 0 Å². The van der Waals surface area contributed by atoms with Gasteiger partial charge in [0, 0.05) is 11.8 Å². The molecule has 0 aromatic carbocycles. The van der Waals surface area contributed by atoms with Crippen LogP contribution in [0.2, 0.25) is 0 Å². The lowest BCUT2D eigenvalue weighted by atomic mass is 9.91. The molecule has 1 aromatic heterocycles. The van der Waals surface area contributed by atoms with Gasteiger partial charge in [0.1, 0.15) is 4.88 Å². The predicted octanol–water partition coefficient (Wildman–Crippen LogP) is 2.88. The molecule has 2 N–H and O–H groups in total. The molecule has 18 heavy (non-hydrogen) atoms. The lowest BCUT2D eigenvalue weighted by Crippen LogP contribution is -2.16. The van der Waals surface area contributed by atoms with Crippen molar-refractivity contribution in [2.24, 2.45) is 0 Å². The van der Waals surface area contributed by atoms with E-state index in [-0.39, 0.29) is 16.2 Å². The maximum atomic E-state index is 11.5. The van der Waals surface area contributed by atoms with Crippen molar-refractivity contribution < 1.29 is 14.7 Å². The van der Waals surface area contributed by atoms with Gasteiger partial charge in [-0.15, -0.1) is 0 Å². The Bertz CT molecular complexity index is 460. The second-order valence-electron chi connectivity index (χ2n) is 5.05. The molecule has 0 aliphatic heterocycles. The van der Waals surface area contributed by atoms with Crippen LogP contribution < -0.4 is 5.32 Å². The molecule has 1 heterocycles. The third kappa shape index (κ3) is 3.53. The van der Waals surface area contributed by atoms with Crippen LogP contribution in [0.15, 0.2) is 0 Å². The molecule has 5 nitrogen and oxygen atoms in total. The minimum absolute atomic E-state index is 0.136. The Morgan fingerprint density at radius 3 is 2.39 bits per heavy atom. The number of amides is 1. The number of nitrogens with one attached hydrogen (secondary N) is 1. The van der Waals surface area contributed by atoms with E-state index >= 15 is 0 Å². The molecule has 6 heteroatoms. The van der Waals surface area contributed by atoms with Crippen LogP contribution in [0.5, 0.6) is 0 Å². The number of hydrogen-bond acceptors (Lipinski definition) is 4. The number of thiazole rings is 1. The number of carbonyl (C=O) groups is 2. The first kappa shape index (κ1) is 14.6. The molecule has 0 bridgehead atoms. The molecule has 0 spiro atoms. The van der Waals surface area contributed by atoms with Crippen LogP contribution >= 0.6 is 11.3 Å². The number of carboxylic acids is 1. The number of carboxylic acid groups (broad SMARTS) is 1. The highest BCUT2D eigenvalue weighted by Crippen LogP contribution is 2.32. The van der Waals surface area contributed by atoms with Crippen molar-refractivity contribution in [3.63, 3.8) is 0 Å². The standard InChI is InChI=1S/C12H18N2O3S/c1-5-6-7(15)13-11-14-9(12(2,3)4)8(18-11)10(16)17/h5-6H2,1-4H3,(H,16,17)(H,13,14,15). The van der Waals surface area contributed by atoms with Crippen molar-refractivity contribution in [1.82, 2.24) is 4.98 Å². The van der Waals surface area contributed by atoms with Crippen molar-refractivity contribution in [3.05, 3.63) is 10.6 Å². The van der Waals surface area contributed by atoms with Gasteiger partial charge in [0.15, 0.2) is 5.13 Å². The maximum absolute atomic E-state index is 11.5. The fourth-order valence-corrected chi connectivity index (χ4v) is 2.47. The van der Waals surface area contributed by atoms with Crippen molar-refractivity contribution >= 4 is 28.3 Å². The quantitative estimate of drug-likeness (QED) is 0.881. The first-order valence-corrected chi connectivity index (χ1v) is 6.61. The second kappa shape index (κ2) is 5.48. The van der Waals surface area contributed by atoms with Crippen LogP contribution in [0.1, 0.15) is 55.9 Å². The maximum Gasteiger partial charge on any atom is 0.347 e. The van der Waals surface area contributed by atoms with Crippen LogP contribution in [0.3, 0.4) is 0 Å². The Kier molecular flexibility index (Phi) is 4.45. The highest BCUT2D eigenvalue weighted by molar-refractivity contribution is 7.17. The van der Waals surface area contributed by atoms with Gasteiger partial charge in [0.05, 0.1) is 5.69 Å². The van der Waals surface area contributed by atoms with E-state index in [0.29, 0.717) is 17.2 Å². The van der Waals surface area contributed by atoms with Crippen molar-refractivity contribution in [2.75, 3.05) is 5.32 Å². The minimum Gasteiger partial charge on any atom is -0.477 e. The third-order valence-electron chi connectivity index (χ3n) is 2.26. The number of aromatic carboxylic acids is 1. The number of nitrogens with zero attached hydrogens (tertiary/aromatic N) is 1. The Morgan fingerprint density at radius 1 is 1.39 bits per heavy atom. The molecule has 0 radical (unpaired) electrons. The molecule has 0 saturated carbocycles. The number of carbonyl (C=O) groups excluding carboxylic acids is 1. The molecule has 1 aromatic rings. The Labute approximate surface area is 110 Å². The number of rotatable bonds is 4. The zero-order chi connectivity index (χ0) is 13.9. The SMILES string of the molecule is CCCC(=O)Nc1nc(C(C)(C)C)c(C(=O)O)s1.